The Morgan fingerprint density at radius 3 is 2.85 bits per heavy atom. The van der Waals surface area contributed by atoms with E-state index in [1.54, 1.807) is 13.1 Å². The van der Waals surface area contributed by atoms with Gasteiger partial charge in [-0.2, -0.15) is 5.10 Å². The summed E-state index contributed by atoms with van der Waals surface area (Å²) in [5, 5.41) is 4.32. The molecule has 0 fully saturated rings. The van der Waals surface area contributed by atoms with Gasteiger partial charge in [-0.3, -0.25) is 4.68 Å². The van der Waals surface area contributed by atoms with Crippen molar-refractivity contribution in [3.8, 4) is 0 Å². The minimum Gasteiger partial charge on any atom is -0.462 e. The van der Waals surface area contributed by atoms with Gasteiger partial charge in [-0.05, 0) is 31.0 Å². The maximum absolute atomic E-state index is 11.9. The summed E-state index contributed by atoms with van der Waals surface area (Å²) in [5.74, 6) is -0.301. The Labute approximate surface area is 126 Å². The molecule has 2 aromatic rings. The monoisotopic (exact) mass is 336 g/mol. The molecule has 0 unspecified atom stereocenters. The topological polar surface area (TPSA) is 44.1 Å². The first-order valence-corrected chi connectivity index (χ1v) is 7.41. The van der Waals surface area contributed by atoms with Crippen LogP contribution in [0.2, 0.25) is 0 Å². The molecule has 0 bridgehead atoms. The van der Waals surface area contributed by atoms with E-state index in [1.165, 1.54) is 0 Å². The third kappa shape index (κ3) is 3.28. The highest BCUT2D eigenvalue weighted by Gasteiger charge is 2.17. The van der Waals surface area contributed by atoms with E-state index < -0.39 is 0 Å². The molecule has 0 aliphatic heterocycles. The minimum absolute atomic E-state index is 0.301. The van der Waals surface area contributed by atoms with Crippen molar-refractivity contribution in [1.29, 1.82) is 0 Å². The number of benzene rings is 1. The fraction of sp³-hybridized carbons (Fsp3) is 0.333. The minimum atomic E-state index is -0.301. The van der Waals surface area contributed by atoms with Gasteiger partial charge in [-0.25, -0.2) is 4.79 Å². The van der Waals surface area contributed by atoms with Crippen LogP contribution in [0.5, 0.6) is 0 Å². The van der Waals surface area contributed by atoms with Gasteiger partial charge >= 0.3 is 5.97 Å². The van der Waals surface area contributed by atoms with Crippen molar-refractivity contribution < 1.29 is 9.53 Å². The largest absolute Gasteiger partial charge is 0.462 e. The van der Waals surface area contributed by atoms with Crippen LogP contribution in [0.4, 0.5) is 0 Å². The Hall–Kier alpha value is -1.62. The van der Waals surface area contributed by atoms with Crippen LogP contribution in [0, 0.1) is 0 Å². The molecule has 5 heteroatoms. The third-order valence-corrected chi connectivity index (χ3v) is 3.49. The molecule has 4 nitrogen and oxygen atoms in total. The zero-order chi connectivity index (χ0) is 14.5. The fourth-order valence-corrected chi connectivity index (χ4v) is 2.55. The van der Waals surface area contributed by atoms with Crippen molar-refractivity contribution in [2.24, 2.45) is 0 Å². The molecule has 0 saturated carbocycles. The van der Waals surface area contributed by atoms with E-state index in [2.05, 4.69) is 21.0 Å². The second-order valence-corrected chi connectivity index (χ2v) is 5.28. The van der Waals surface area contributed by atoms with Gasteiger partial charge in [-0.1, -0.05) is 35.0 Å². The first-order valence-electron chi connectivity index (χ1n) is 6.62. The highest BCUT2D eigenvalue weighted by molar-refractivity contribution is 9.10. The van der Waals surface area contributed by atoms with Crippen LogP contribution in [0.25, 0.3) is 0 Å². The van der Waals surface area contributed by atoms with Crippen molar-refractivity contribution in [3.05, 3.63) is 51.8 Å². The number of hydrogen-bond acceptors (Lipinski definition) is 3. The van der Waals surface area contributed by atoms with E-state index in [4.69, 9.17) is 4.74 Å². The predicted octanol–water partition coefficient (Wildman–Crippen LogP) is 3.43. The van der Waals surface area contributed by atoms with Gasteiger partial charge in [0.25, 0.3) is 0 Å². The molecule has 0 saturated heterocycles. The van der Waals surface area contributed by atoms with Gasteiger partial charge in [-0.15, -0.1) is 0 Å². The Bertz CT molecular complexity index is 608. The highest BCUT2D eigenvalue weighted by atomic mass is 79.9. The summed E-state index contributed by atoms with van der Waals surface area (Å²) in [6.07, 6.45) is 2.33. The van der Waals surface area contributed by atoms with Crippen molar-refractivity contribution in [1.82, 2.24) is 9.78 Å². The van der Waals surface area contributed by atoms with E-state index in [-0.39, 0.29) is 5.97 Å². The smallest absolute Gasteiger partial charge is 0.341 e. The molecular weight excluding hydrogens is 320 g/mol. The molecule has 0 N–H and O–H groups in total. The predicted molar refractivity (Wildman–Crippen MR) is 80.8 cm³/mol. The number of halogens is 1. The number of nitrogens with zero attached hydrogens (tertiary/aromatic N) is 2. The summed E-state index contributed by atoms with van der Waals surface area (Å²) < 4.78 is 7.94. The Morgan fingerprint density at radius 1 is 1.40 bits per heavy atom. The number of carbonyl (C=O) groups excluding carboxylic acids is 1. The Morgan fingerprint density at radius 2 is 2.20 bits per heavy atom. The summed E-state index contributed by atoms with van der Waals surface area (Å²) in [5.41, 5.74) is 2.60. The van der Waals surface area contributed by atoms with E-state index in [1.807, 2.05) is 35.9 Å². The van der Waals surface area contributed by atoms with Crippen LogP contribution in [0.1, 0.15) is 35.5 Å². The van der Waals surface area contributed by atoms with E-state index >= 15 is 0 Å². The molecule has 106 valence electrons. The lowest BCUT2D eigenvalue weighted by atomic mass is 10.2. The van der Waals surface area contributed by atoms with Crippen LogP contribution in [-0.2, 0) is 17.7 Å². The van der Waals surface area contributed by atoms with Gasteiger partial charge in [0, 0.05) is 4.47 Å². The van der Waals surface area contributed by atoms with Crippen molar-refractivity contribution in [2.75, 3.05) is 6.61 Å². The molecule has 20 heavy (non-hydrogen) atoms. The van der Waals surface area contributed by atoms with E-state index in [9.17, 15) is 4.79 Å². The molecule has 1 heterocycles. The first kappa shape index (κ1) is 14.8. The average Bonchev–Trinajstić information content (AvgIpc) is 2.82. The molecule has 1 aromatic heterocycles. The molecule has 2 rings (SSSR count). The van der Waals surface area contributed by atoms with Gasteiger partial charge < -0.3 is 4.74 Å². The lowest BCUT2D eigenvalue weighted by Crippen LogP contribution is -2.10. The second-order valence-electron chi connectivity index (χ2n) is 4.37. The van der Waals surface area contributed by atoms with Crippen LogP contribution in [0.15, 0.2) is 34.9 Å². The number of carbonyl (C=O) groups is 1. The lowest BCUT2D eigenvalue weighted by molar-refractivity contribution is 0.0525. The zero-order valence-electron chi connectivity index (χ0n) is 11.6. The van der Waals surface area contributed by atoms with Gasteiger partial charge in [0.15, 0.2) is 0 Å². The number of ether oxygens (including phenoxy) is 1. The molecule has 0 aliphatic rings. The summed E-state index contributed by atoms with van der Waals surface area (Å²) >= 11 is 3.46. The molecule has 0 aliphatic carbocycles. The summed E-state index contributed by atoms with van der Waals surface area (Å²) in [7, 11) is 0. The van der Waals surface area contributed by atoms with Crippen LogP contribution in [0.3, 0.4) is 0 Å². The lowest BCUT2D eigenvalue weighted by Gasteiger charge is -2.08. The quantitative estimate of drug-likeness (QED) is 0.785. The number of aromatic nitrogens is 2. The molecule has 1 aromatic carbocycles. The number of rotatable bonds is 5. The fourth-order valence-electron chi connectivity index (χ4n) is 2.11. The highest BCUT2D eigenvalue weighted by Crippen LogP contribution is 2.16. The molecule has 0 spiro atoms. The Balaban J connectivity index is 2.27. The SMILES string of the molecule is CCOC(=O)c1cnn(Cc2cccc(Br)c2)c1CC. The third-order valence-electron chi connectivity index (χ3n) is 3.00. The molecular formula is C15H17BrN2O2. The summed E-state index contributed by atoms with van der Waals surface area (Å²) in [4.78, 5) is 11.9. The molecule has 0 atom stereocenters. The van der Waals surface area contributed by atoms with Crippen molar-refractivity contribution >= 4 is 21.9 Å². The maximum atomic E-state index is 11.9. The van der Waals surface area contributed by atoms with Crippen molar-refractivity contribution in [2.45, 2.75) is 26.8 Å². The molecule has 0 radical (unpaired) electrons. The van der Waals surface area contributed by atoms with Gasteiger partial charge in [0.1, 0.15) is 5.56 Å². The Kier molecular flexibility index (Phi) is 4.95. The van der Waals surface area contributed by atoms with Crippen LogP contribution >= 0.6 is 15.9 Å². The van der Waals surface area contributed by atoms with Crippen molar-refractivity contribution in [3.63, 3.8) is 0 Å². The van der Waals surface area contributed by atoms with E-state index in [0.717, 1.165) is 22.2 Å². The second kappa shape index (κ2) is 6.70. The van der Waals surface area contributed by atoms with E-state index in [0.29, 0.717) is 18.7 Å². The van der Waals surface area contributed by atoms with Gasteiger partial charge in [0.2, 0.25) is 0 Å². The normalized spacial score (nSPS) is 10.6. The number of hydrogen-bond donors (Lipinski definition) is 0. The summed E-state index contributed by atoms with van der Waals surface area (Å²) in [6, 6.07) is 8.05. The maximum Gasteiger partial charge on any atom is 0.341 e. The van der Waals surface area contributed by atoms with Gasteiger partial charge in [0.05, 0.1) is 25.0 Å². The molecule has 0 amide bonds. The summed E-state index contributed by atoms with van der Waals surface area (Å²) in [6.45, 7) is 4.83. The zero-order valence-corrected chi connectivity index (χ0v) is 13.2. The standard InChI is InChI=1S/C15H17BrN2O2/c1-3-14-13(15(19)20-4-2)9-17-18(14)10-11-6-5-7-12(16)8-11/h5-9H,3-4,10H2,1-2H3. The van der Waals surface area contributed by atoms with Crippen LogP contribution in [-0.4, -0.2) is 22.4 Å². The number of esters is 1. The average molecular weight is 337 g/mol. The van der Waals surface area contributed by atoms with Crippen LogP contribution < -0.4 is 0 Å². The first-order chi connectivity index (χ1) is 9.65.